The lowest BCUT2D eigenvalue weighted by Crippen LogP contribution is -2.48. The molecule has 0 saturated carbocycles. The SMILES string of the molecule is COCCn1c(C)ccc(C(=O)N2CCNCC2)c1=O. The number of methoxy groups -OCH3 is 1. The van der Waals surface area contributed by atoms with Crippen LogP contribution in [-0.4, -0.2) is 55.3 Å². The third-order valence-electron chi connectivity index (χ3n) is 3.55. The summed E-state index contributed by atoms with van der Waals surface area (Å²) in [6, 6.07) is 3.44. The van der Waals surface area contributed by atoms with E-state index >= 15 is 0 Å². The van der Waals surface area contributed by atoms with E-state index in [1.54, 1.807) is 22.6 Å². The van der Waals surface area contributed by atoms with Crippen molar-refractivity contribution >= 4 is 5.91 Å². The molecule has 0 atom stereocenters. The molecule has 2 rings (SSSR count). The highest BCUT2D eigenvalue weighted by Gasteiger charge is 2.21. The van der Waals surface area contributed by atoms with Crippen molar-refractivity contribution < 1.29 is 9.53 Å². The number of piperazine rings is 1. The van der Waals surface area contributed by atoms with E-state index in [1.165, 1.54) is 0 Å². The van der Waals surface area contributed by atoms with E-state index in [0.29, 0.717) is 26.2 Å². The minimum Gasteiger partial charge on any atom is -0.383 e. The van der Waals surface area contributed by atoms with Gasteiger partial charge in [0, 0.05) is 45.5 Å². The molecule has 2 heterocycles. The van der Waals surface area contributed by atoms with E-state index in [0.717, 1.165) is 18.8 Å². The first-order chi connectivity index (χ1) is 9.65. The summed E-state index contributed by atoms with van der Waals surface area (Å²) in [6.45, 7) is 5.60. The largest absolute Gasteiger partial charge is 0.383 e. The van der Waals surface area contributed by atoms with E-state index in [4.69, 9.17) is 4.74 Å². The number of rotatable bonds is 4. The van der Waals surface area contributed by atoms with Crippen molar-refractivity contribution in [1.82, 2.24) is 14.8 Å². The first-order valence-corrected chi connectivity index (χ1v) is 6.84. The number of hydrogen-bond acceptors (Lipinski definition) is 4. The van der Waals surface area contributed by atoms with Gasteiger partial charge in [-0.2, -0.15) is 0 Å². The topological polar surface area (TPSA) is 63.6 Å². The molecule has 0 bridgehead atoms. The molecule has 1 aromatic rings. The van der Waals surface area contributed by atoms with Crippen molar-refractivity contribution in [1.29, 1.82) is 0 Å². The Morgan fingerprint density at radius 1 is 1.35 bits per heavy atom. The minimum atomic E-state index is -0.231. The van der Waals surface area contributed by atoms with Crippen molar-refractivity contribution in [2.45, 2.75) is 13.5 Å². The van der Waals surface area contributed by atoms with Crippen LogP contribution >= 0.6 is 0 Å². The fraction of sp³-hybridized carbons (Fsp3) is 0.571. The lowest BCUT2D eigenvalue weighted by atomic mass is 10.2. The summed E-state index contributed by atoms with van der Waals surface area (Å²) in [5, 5.41) is 3.19. The second kappa shape index (κ2) is 6.67. The fourth-order valence-corrected chi connectivity index (χ4v) is 2.33. The monoisotopic (exact) mass is 279 g/mol. The second-order valence-electron chi connectivity index (χ2n) is 4.88. The van der Waals surface area contributed by atoms with Crippen molar-refractivity contribution in [3.63, 3.8) is 0 Å². The maximum absolute atomic E-state index is 12.4. The number of aryl methyl sites for hydroxylation is 1. The molecule has 1 aliphatic rings. The normalized spacial score (nSPS) is 15.4. The summed E-state index contributed by atoms with van der Waals surface area (Å²) in [4.78, 5) is 26.6. The van der Waals surface area contributed by atoms with Gasteiger partial charge >= 0.3 is 0 Å². The number of pyridine rings is 1. The molecule has 0 aromatic carbocycles. The number of aromatic nitrogens is 1. The van der Waals surface area contributed by atoms with Crippen LogP contribution in [0.4, 0.5) is 0 Å². The van der Waals surface area contributed by atoms with E-state index in [1.807, 2.05) is 13.0 Å². The average molecular weight is 279 g/mol. The van der Waals surface area contributed by atoms with Crippen LogP contribution in [0.5, 0.6) is 0 Å². The molecule has 1 N–H and O–H groups in total. The van der Waals surface area contributed by atoms with Gasteiger partial charge in [-0.25, -0.2) is 0 Å². The zero-order valence-corrected chi connectivity index (χ0v) is 12.0. The van der Waals surface area contributed by atoms with Crippen LogP contribution in [-0.2, 0) is 11.3 Å². The fourth-order valence-electron chi connectivity index (χ4n) is 2.33. The molecule has 20 heavy (non-hydrogen) atoms. The second-order valence-corrected chi connectivity index (χ2v) is 4.88. The van der Waals surface area contributed by atoms with Gasteiger partial charge in [0.15, 0.2) is 0 Å². The van der Waals surface area contributed by atoms with Gasteiger partial charge in [0.1, 0.15) is 5.56 Å². The van der Waals surface area contributed by atoms with E-state index in [-0.39, 0.29) is 17.0 Å². The van der Waals surface area contributed by atoms with Gasteiger partial charge in [0.2, 0.25) is 0 Å². The Hall–Kier alpha value is -1.66. The standard InChI is InChI=1S/C14H21N3O3/c1-11-3-4-12(14(19)17(11)9-10-20-2)13(18)16-7-5-15-6-8-16/h3-4,15H,5-10H2,1-2H3. The minimum absolute atomic E-state index is 0.178. The zero-order chi connectivity index (χ0) is 14.5. The predicted octanol–water partition coefficient (Wildman–Crippen LogP) is -0.151. The molecule has 1 aromatic heterocycles. The number of nitrogens with zero attached hydrogens (tertiary/aromatic N) is 2. The molecule has 1 amide bonds. The van der Waals surface area contributed by atoms with Crippen LogP contribution < -0.4 is 10.9 Å². The number of carbonyl (C=O) groups is 1. The van der Waals surface area contributed by atoms with Gasteiger partial charge in [-0.05, 0) is 19.1 Å². The molecule has 6 nitrogen and oxygen atoms in total. The van der Waals surface area contributed by atoms with Crippen LogP contribution in [0, 0.1) is 6.92 Å². The van der Waals surface area contributed by atoms with Gasteiger partial charge < -0.3 is 19.5 Å². The molecule has 6 heteroatoms. The Morgan fingerprint density at radius 3 is 2.70 bits per heavy atom. The van der Waals surface area contributed by atoms with Crippen LogP contribution in [0.1, 0.15) is 16.1 Å². The smallest absolute Gasteiger partial charge is 0.263 e. The molecule has 0 radical (unpaired) electrons. The molecular weight excluding hydrogens is 258 g/mol. The maximum atomic E-state index is 12.4. The Labute approximate surface area is 118 Å². The van der Waals surface area contributed by atoms with Crippen LogP contribution in [0.3, 0.4) is 0 Å². The Morgan fingerprint density at radius 2 is 2.05 bits per heavy atom. The van der Waals surface area contributed by atoms with Crippen LogP contribution in [0.15, 0.2) is 16.9 Å². The van der Waals surface area contributed by atoms with E-state index < -0.39 is 0 Å². The highest BCUT2D eigenvalue weighted by molar-refractivity contribution is 5.94. The van der Waals surface area contributed by atoms with Gasteiger partial charge in [0.25, 0.3) is 11.5 Å². The molecule has 0 unspecified atom stereocenters. The predicted molar refractivity (Wildman–Crippen MR) is 76.1 cm³/mol. The van der Waals surface area contributed by atoms with Crippen molar-refractivity contribution in [2.75, 3.05) is 39.9 Å². The number of carbonyl (C=O) groups excluding carboxylic acids is 1. The molecular formula is C14H21N3O3. The third kappa shape index (κ3) is 3.08. The first-order valence-electron chi connectivity index (χ1n) is 6.84. The van der Waals surface area contributed by atoms with Crippen molar-refractivity contribution in [2.24, 2.45) is 0 Å². The van der Waals surface area contributed by atoms with Gasteiger partial charge in [-0.3, -0.25) is 9.59 Å². The van der Waals surface area contributed by atoms with Gasteiger partial charge in [-0.15, -0.1) is 0 Å². The molecule has 1 fully saturated rings. The first kappa shape index (κ1) is 14.7. The summed E-state index contributed by atoms with van der Waals surface area (Å²) >= 11 is 0. The summed E-state index contributed by atoms with van der Waals surface area (Å²) in [6.07, 6.45) is 0. The number of amides is 1. The summed E-state index contributed by atoms with van der Waals surface area (Å²) < 4.78 is 6.61. The molecule has 0 aliphatic carbocycles. The molecule has 0 spiro atoms. The van der Waals surface area contributed by atoms with E-state index in [2.05, 4.69) is 5.32 Å². The summed E-state index contributed by atoms with van der Waals surface area (Å²) in [7, 11) is 1.59. The Kier molecular flexibility index (Phi) is 4.92. The molecule has 1 saturated heterocycles. The van der Waals surface area contributed by atoms with Gasteiger partial charge in [0.05, 0.1) is 6.61 Å². The van der Waals surface area contributed by atoms with Crippen molar-refractivity contribution in [3.05, 3.63) is 33.7 Å². The van der Waals surface area contributed by atoms with Crippen LogP contribution in [0.2, 0.25) is 0 Å². The van der Waals surface area contributed by atoms with Crippen molar-refractivity contribution in [3.8, 4) is 0 Å². The highest BCUT2D eigenvalue weighted by atomic mass is 16.5. The van der Waals surface area contributed by atoms with Crippen LogP contribution in [0.25, 0.3) is 0 Å². The third-order valence-corrected chi connectivity index (χ3v) is 3.55. The summed E-state index contributed by atoms with van der Waals surface area (Å²) in [5.41, 5.74) is 0.850. The number of hydrogen-bond donors (Lipinski definition) is 1. The number of nitrogens with one attached hydrogen (secondary N) is 1. The quantitative estimate of drug-likeness (QED) is 0.832. The Bertz CT molecular complexity index is 533. The van der Waals surface area contributed by atoms with Gasteiger partial charge in [-0.1, -0.05) is 0 Å². The lowest BCUT2D eigenvalue weighted by molar-refractivity contribution is 0.0733. The maximum Gasteiger partial charge on any atom is 0.263 e. The Balaban J connectivity index is 2.27. The zero-order valence-electron chi connectivity index (χ0n) is 12.0. The van der Waals surface area contributed by atoms with E-state index in [9.17, 15) is 9.59 Å². The summed E-state index contributed by atoms with van der Waals surface area (Å²) in [5.74, 6) is -0.178. The molecule has 110 valence electrons. The lowest BCUT2D eigenvalue weighted by Gasteiger charge is -2.27. The average Bonchev–Trinajstić information content (AvgIpc) is 2.47. The highest BCUT2D eigenvalue weighted by Crippen LogP contribution is 2.04. The molecule has 1 aliphatic heterocycles. The number of ether oxygens (including phenoxy) is 1.